The lowest BCUT2D eigenvalue weighted by Crippen LogP contribution is -2.46. The lowest BCUT2D eigenvalue weighted by atomic mass is 9.89. The zero-order valence-electron chi connectivity index (χ0n) is 20.8. The third kappa shape index (κ3) is 9.04. The Morgan fingerprint density at radius 3 is 2.18 bits per heavy atom. The highest BCUT2D eigenvalue weighted by Crippen LogP contribution is 2.25. The van der Waals surface area contributed by atoms with Gasteiger partial charge in [0, 0.05) is 5.92 Å². The van der Waals surface area contributed by atoms with Gasteiger partial charge in [-0.3, -0.25) is 0 Å². The van der Waals surface area contributed by atoms with Gasteiger partial charge in [0.25, 0.3) is 0 Å². The molecule has 186 valence electrons. The summed E-state index contributed by atoms with van der Waals surface area (Å²) in [5.74, 6) is -0.227. The van der Waals surface area contributed by atoms with E-state index in [4.69, 9.17) is 14.2 Å². The summed E-state index contributed by atoms with van der Waals surface area (Å²) in [6.45, 7) is 10.6. The number of halogens is 1. The molecule has 0 aromatic heterocycles. The van der Waals surface area contributed by atoms with Crippen molar-refractivity contribution in [1.29, 1.82) is 0 Å². The number of amides is 1. The fraction of sp³-hybridized carbons (Fsp3) is 0.481. The van der Waals surface area contributed by atoms with E-state index in [0.717, 1.165) is 12.0 Å². The molecule has 0 saturated carbocycles. The van der Waals surface area contributed by atoms with Gasteiger partial charge in [0.05, 0.1) is 0 Å². The van der Waals surface area contributed by atoms with Crippen LogP contribution in [0.5, 0.6) is 5.75 Å². The van der Waals surface area contributed by atoms with Gasteiger partial charge in [0.15, 0.2) is 0 Å². The predicted molar refractivity (Wildman–Crippen MR) is 129 cm³/mol. The highest BCUT2D eigenvalue weighted by molar-refractivity contribution is 5.81. The Bertz CT molecular complexity index is 911. The minimum absolute atomic E-state index is 0.0115. The summed E-state index contributed by atoms with van der Waals surface area (Å²) in [6, 6.07) is 14.8. The van der Waals surface area contributed by atoms with Crippen molar-refractivity contribution in [2.24, 2.45) is 5.92 Å². The van der Waals surface area contributed by atoms with Crippen LogP contribution in [0, 0.1) is 11.7 Å². The molecule has 0 bridgehead atoms. The van der Waals surface area contributed by atoms with E-state index in [0.29, 0.717) is 12.2 Å². The van der Waals surface area contributed by atoms with Crippen molar-refractivity contribution in [3.05, 3.63) is 66.0 Å². The van der Waals surface area contributed by atoms with Gasteiger partial charge in [-0.05, 0) is 77.3 Å². The Morgan fingerprint density at radius 1 is 1.00 bits per heavy atom. The van der Waals surface area contributed by atoms with Gasteiger partial charge in [-0.1, -0.05) is 37.3 Å². The van der Waals surface area contributed by atoms with Gasteiger partial charge in [-0.2, -0.15) is 0 Å². The average Bonchev–Trinajstić information content (AvgIpc) is 2.76. The molecule has 1 N–H and O–H groups in total. The monoisotopic (exact) mass is 473 g/mol. The van der Waals surface area contributed by atoms with Gasteiger partial charge in [-0.15, -0.1) is 0 Å². The average molecular weight is 474 g/mol. The Morgan fingerprint density at radius 2 is 1.62 bits per heavy atom. The number of carbonyl (C=O) groups is 2. The molecule has 6 nitrogen and oxygen atoms in total. The van der Waals surface area contributed by atoms with E-state index in [-0.39, 0.29) is 11.7 Å². The largest absolute Gasteiger partial charge is 0.486 e. The number of hydrogen-bond acceptors (Lipinski definition) is 5. The maximum atomic E-state index is 13.4. The topological polar surface area (TPSA) is 73.9 Å². The van der Waals surface area contributed by atoms with Crippen molar-refractivity contribution in [2.45, 2.75) is 78.2 Å². The molecule has 0 heterocycles. The van der Waals surface area contributed by atoms with Crippen molar-refractivity contribution in [3.8, 4) is 5.75 Å². The van der Waals surface area contributed by atoms with E-state index in [1.54, 1.807) is 46.8 Å². The van der Waals surface area contributed by atoms with E-state index in [1.807, 2.05) is 37.3 Å². The Labute approximate surface area is 201 Å². The van der Waals surface area contributed by atoms with Crippen LogP contribution in [0.15, 0.2) is 54.6 Å². The minimum atomic E-state index is -0.896. The number of carbonyl (C=O) groups excluding carboxylic acids is 2. The first-order chi connectivity index (χ1) is 16.0. The van der Waals surface area contributed by atoms with E-state index in [9.17, 15) is 14.0 Å². The molecule has 0 fully saturated rings. The second-order valence-electron chi connectivity index (χ2n) is 9.40. The Hall–Kier alpha value is -3.09. The summed E-state index contributed by atoms with van der Waals surface area (Å²) in [7, 11) is 0. The molecule has 2 aromatic rings. The van der Waals surface area contributed by atoms with Crippen LogP contribution in [0.25, 0.3) is 0 Å². The summed E-state index contributed by atoms with van der Waals surface area (Å²) in [5.41, 5.74) is 0.290. The Balaban J connectivity index is 2.14. The molecule has 0 unspecified atom stereocenters. The van der Waals surface area contributed by atoms with Gasteiger partial charge >= 0.3 is 12.1 Å². The molecule has 0 aliphatic rings. The first-order valence-electron chi connectivity index (χ1n) is 11.6. The van der Waals surface area contributed by atoms with Gasteiger partial charge in [0.2, 0.25) is 0 Å². The molecular weight excluding hydrogens is 437 g/mol. The van der Waals surface area contributed by atoms with Gasteiger partial charge in [-0.25, -0.2) is 14.0 Å². The molecule has 0 aliphatic carbocycles. The molecule has 0 spiro atoms. The standard InChI is InChI=1S/C27H36FNO5/c1-7-21(17-20-13-15-22(28)16-14-20)24(33-23-11-9-8-10-12-23)19(3)32-25(30)18(2)29-26(31)34-27(4,5)6/h8-16,18-19,21,24H,7,17H2,1-6H3,(H,29,31)/t18-,19-,21+,24-/m0/s1. The van der Waals surface area contributed by atoms with Crippen molar-refractivity contribution < 1.29 is 28.2 Å². The third-order valence-corrected chi connectivity index (χ3v) is 5.27. The van der Waals surface area contributed by atoms with E-state index in [1.165, 1.54) is 12.1 Å². The number of para-hydroxylation sites is 1. The summed E-state index contributed by atoms with van der Waals surface area (Å²) < 4.78 is 30.6. The first-order valence-corrected chi connectivity index (χ1v) is 11.6. The molecule has 34 heavy (non-hydrogen) atoms. The van der Waals surface area contributed by atoms with Crippen molar-refractivity contribution >= 4 is 12.1 Å². The first kappa shape index (κ1) is 27.2. The smallest absolute Gasteiger partial charge is 0.408 e. The number of esters is 1. The quantitative estimate of drug-likeness (QED) is 0.449. The summed E-state index contributed by atoms with van der Waals surface area (Å²) in [5, 5.41) is 2.51. The van der Waals surface area contributed by atoms with Crippen LogP contribution in [-0.4, -0.2) is 35.9 Å². The van der Waals surface area contributed by atoms with Crippen molar-refractivity contribution in [1.82, 2.24) is 5.32 Å². The second kappa shape index (κ2) is 12.4. The molecule has 0 saturated heterocycles. The lowest BCUT2D eigenvalue weighted by Gasteiger charge is -2.32. The van der Waals surface area contributed by atoms with Crippen LogP contribution < -0.4 is 10.1 Å². The summed E-state index contributed by atoms with van der Waals surface area (Å²) in [6.07, 6.45) is -0.384. The molecule has 7 heteroatoms. The second-order valence-corrected chi connectivity index (χ2v) is 9.40. The molecule has 0 aliphatic heterocycles. The van der Waals surface area contributed by atoms with Crippen LogP contribution in [-0.2, 0) is 20.7 Å². The third-order valence-electron chi connectivity index (χ3n) is 5.27. The molecule has 2 rings (SSSR count). The fourth-order valence-corrected chi connectivity index (χ4v) is 3.54. The molecule has 0 radical (unpaired) electrons. The SMILES string of the molecule is CC[C@H](Cc1ccc(F)cc1)[C@@H](Oc1ccccc1)[C@H](C)OC(=O)[C@H](C)NC(=O)OC(C)(C)C. The summed E-state index contributed by atoms with van der Waals surface area (Å²) in [4.78, 5) is 24.8. The zero-order chi connectivity index (χ0) is 25.3. The summed E-state index contributed by atoms with van der Waals surface area (Å²) >= 11 is 0. The zero-order valence-corrected chi connectivity index (χ0v) is 20.8. The molecular formula is C27H36FNO5. The number of rotatable bonds is 10. The van der Waals surface area contributed by atoms with E-state index >= 15 is 0 Å². The fourth-order valence-electron chi connectivity index (χ4n) is 3.54. The number of alkyl carbamates (subject to hydrolysis) is 1. The van der Waals surface area contributed by atoms with Crippen LogP contribution in [0.2, 0.25) is 0 Å². The molecule has 1 amide bonds. The van der Waals surface area contributed by atoms with Crippen LogP contribution >= 0.6 is 0 Å². The van der Waals surface area contributed by atoms with Crippen molar-refractivity contribution in [3.63, 3.8) is 0 Å². The number of benzene rings is 2. The molecule has 4 atom stereocenters. The van der Waals surface area contributed by atoms with E-state index in [2.05, 4.69) is 5.32 Å². The minimum Gasteiger partial charge on any atom is -0.486 e. The van der Waals surface area contributed by atoms with E-state index < -0.39 is 35.9 Å². The normalized spacial score (nSPS) is 14.9. The number of ether oxygens (including phenoxy) is 3. The maximum absolute atomic E-state index is 13.4. The predicted octanol–water partition coefficient (Wildman–Crippen LogP) is 5.69. The lowest BCUT2D eigenvalue weighted by molar-refractivity contribution is -0.156. The van der Waals surface area contributed by atoms with Gasteiger partial charge < -0.3 is 19.5 Å². The number of nitrogens with one attached hydrogen (secondary N) is 1. The highest BCUT2D eigenvalue weighted by atomic mass is 19.1. The van der Waals surface area contributed by atoms with Crippen LogP contribution in [0.3, 0.4) is 0 Å². The van der Waals surface area contributed by atoms with Crippen molar-refractivity contribution in [2.75, 3.05) is 0 Å². The Kier molecular flexibility index (Phi) is 9.90. The highest BCUT2D eigenvalue weighted by Gasteiger charge is 2.32. The van der Waals surface area contributed by atoms with Crippen LogP contribution in [0.1, 0.15) is 53.5 Å². The number of hydrogen-bond donors (Lipinski definition) is 1. The molecule has 2 aromatic carbocycles. The maximum Gasteiger partial charge on any atom is 0.408 e. The van der Waals surface area contributed by atoms with Crippen LogP contribution in [0.4, 0.5) is 9.18 Å². The van der Waals surface area contributed by atoms with Gasteiger partial charge in [0.1, 0.15) is 35.4 Å².